The van der Waals surface area contributed by atoms with Gasteiger partial charge in [0.05, 0.1) is 0 Å². The van der Waals surface area contributed by atoms with E-state index in [1.54, 1.807) is 0 Å². The van der Waals surface area contributed by atoms with Crippen LogP contribution in [-0.2, 0) is 4.79 Å². The van der Waals surface area contributed by atoms with Gasteiger partial charge in [0.2, 0.25) is 0 Å². The Bertz CT molecular complexity index is 226. The number of aldehydes is 1. The Balaban J connectivity index is 2.62. The van der Waals surface area contributed by atoms with Crippen LogP contribution in [0.2, 0.25) is 0 Å². The van der Waals surface area contributed by atoms with Gasteiger partial charge in [-0.3, -0.25) is 4.79 Å². The predicted octanol–water partition coefficient (Wildman–Crippen LogP) is 1.99. The molecule has 0 saturated heterocycles. The molecule has 0 radical (unpaired) electrons. The molecule has 0 fully saturated rings. The molecule has 0 unspecified atom stereocenters. The Hall–Kier alpha value is -0.890. The van der Waals surface area contributed by atoms with E-state index < -0.39 is 0 Å². The summed E-state index contributed by atoms with van der Waals surface area (Å²) in [7, 11) is 0. The van der Waals surface area contributed by atoms with Crippen LogP contribution in [0.1, 0.15) is 32.1 Å². The van der Waals surface area contributed by atoms with Crippen molar-refractivity contribution in [3.05, 3.63) is 23.3 Å². The van der Waals surface area contributed by atoms with Crippen molar-refractivity contribution in [1.29, 1.82) is 0 Å². The molecule has 0 spiro atoms. The van der Waals surface area contributed by atoms with E-state index in [4.69, 9.17) is 5.11 Å². The highest BCUT2D eigenvalue weighted by atomic mass is 16.2. The van der Waals surface area contributed by atoms with Crippen molar-refractivity contribution in [2.45, 2.75) is 32.1 Å². The molecular formula is C11H16O2. The Labute approximate surface area is 79.0 Å². The van der Waals surface area contributed by atoms with E-state index in [0.29, 0.717) is 6.42 Å². The molecule has 2 nitrogen and oxygen atoms in total. The Morgan fingerprint density at radius 3 is 2.54 bits per heavy atom. The highest BCUT2D eigenvalue weighted by molar-refractivity contribution is 5.75. The standard InChI is InChI=1S/C11H16O2/c12-8-4-3-6-10-5-1-2-7-11(10)9-13/h3,6,9,12H,1-2,4-5,7-8H2/b6-3+. The molecule has 0 aromatic rings. The van der Waals surface area contributed by atoms with Gasteiger partial charge in [-0.2, -0.15) is 0 Å². The van der Waals surface area contributed by atoms with E-state index in [-0.39, 0.29) is 6.61 Å². The van der Waals surface area contributed by atoms with Crippen LogP contribution in [0.25, 0.3) is 0 Å². The van der Waals surface area contributed by atoms with E-state index in [0.717, 1.165) is 36.7 Å². The topological polar surface area (TPSA) is 37.3 Å². The molecule has 1 rings (SSSR count). The molecule has 0 aromatic heterocycles. The number of aliphatic hydroxyl groups excluding tert-OH is 1. The molecule has 0 aromatic carbocycles. The van der Waals surface area contributed by atoms with Gasteiger partial charge in [0, 0.05) is 6.61 Å². The zero-order chi connectivity index (χ0) is 9.52. The van der Waals surface area contributed by atoms with Crippen molar-refractivity contribution in [2.75, 3.05) is 6.61 Å². The second kappa shape index (κ2) is 5.70. The number of allylic oxidation sites excluding steroid dienone is 3. The van der Waals surface area contributed by atoms with Crippen molar-refractivity contribution < 1.29 is 9.90 Å². The maximum absolute atomic E-state index is 10.7. The van der Waals surface area contributed by atoms with Crippen molar-refractivity contribution in [1.82, 2.24) is 0 Å². The van der Waals surface area contributed by atoms with Crippen LogP contribution in [-0.4, -0.2) is 18.0 Å². The van der Waals surface area contributed by atoms with Crippen molar-refractivity contribution in [3.63, 3.8) is 0 Å². The van der Waals surface area contributed by atoms with Gasteiger partial charge in [0.15, 0.2) is 0 Å². The van der Waals surface area contributed by atoms with Crippen LogP contribution >= 0.6 is 0 Å². The summed E-state index contributed by atoms with van der Waals surface area (Å²) in [6, 6.07) is 0. The van der Waals surface area contributed by atoms with E-state index in [9.17, 15) is 4.79 Å². The first-order valence-electron chi connectivity index (χ1n) is 4.83. The third kappa shape index (κ3) is 3.15. The molecule has 72 valence electrons. The number of hydrogen-bond acceptors (Lipinski definition) is 2. The molecule has 0 amide bonds. The SMILES string of the molecule is O=CC1=C(/C=C/CCO)CCCC1. The second-order valence-electron chi connectivity index (χ2n) is 3.29. The van der Waals surface area contributed by atoms with Crippen molar-refractivity contribution >= 4 is 6.29 Å². The highest BCUT2D eigenvalue weighted by Crippen LogP contribution is 2.24. The highest BCUT2D eigenvalue weighted by Gasteiger charge is 2.08. The number of carbonyl (C=O) groups excluding carboxylic acids is 1. The lowest BCUT2D eigenvalue weighted by Gasteiger charge is -2.13. The van der Waals surface area contributed by atoms with Gasteiger partial charge in [-0.15, -0.1) is 0 Å². The van der Waals surface area contributed by atoms with Crippen LogP contribution in [0.3, 0.4) is 0 Å². The first-order chi connectivity index (χ1) is 6.38. The average Bonchev–Trinajstić information content (AvgIpc) is 2.19. The van der Waals surface area contributed by atoms with E-state index in [1.807, 2.05) is 12.2 Å². The Morgan fingerprint density at radius 1 is 1.23 bits per heavy atom. The molecule has 1 aliphatic rings. The molecule has 2 heteroatoms. The lowest BCUT2D eigenvalue weighted by Crippen LogP contribution is -1.99. The quantitative estimate of drug-likeness (QED) is 0.672. The fourth-order valence-corrected chi connectivity index (χ4v) is 1.58. The second-order valence-corrected chi connectivity index (χ2v) is 3.29. The molecule has 13 heavy (non-hydrogen) atoms. The Kier molecular flexibility index (Phi) is 4.47. The molecule has 0 heterocycles. The van der Waals surface area contributed by atoms with Crippen molar-refractivity contribution in [2.24, 2.45) is 0 Å². The largest absolute Gasteiger partial charge is 0.396 e. The van der Waals surface area contributed by atoms with Gasteiger partial charge in [-0.05, 0) is 43.3 Å². The predicted molar refractivity (Wildman–Crippen MR) is 52.4 cm³/mol. The lowest BCUT2D eigenvalue weighted by molar-refractivity contribution is -0.105. The maximum atomic E-state index is 10.7. The summed E-state index contributed by atoms with van der Waals surface area (Å²) in [6.45, 7) is 0.181. The molecule has 0 bridgehead atoms. The number of carbonyl (C=O) groups is 1. The molecule has 0 saturated carbocycles. The third-order valence-electron chi connectivity index (χ3n) is 2.31. The fourth-order valence-electron chi connectivity index (χ4n) is 1.58. The van der Waals surface area contributed by atoms with Crippen LogP contribution < -0.4 is 0 Å². The van der Waals surface area contributed by atoms with E-state index in [1.165, 1.54) is 6.42 Å². The summed E-state index contributed by atoms with van der Waals surface area (Å²) in [5.74, 6) is 0. The smallest absolute Gasteiger partial charge is 0.146 e. The minimum Gasteiger partial charge on any atom is -0.396 e. The van der Waals surface area contributed by atoms with Gasteiger partial charge in [-0.25, -0.2) is 0 Å². The fraction of sp³-hybridized carbons (Fsp3) is 0.545. The molecule has 1 N–H and O–H groups in total. The number of aliphatic hydroxyl groups is 1. The molecule has 0 atom stereocenters. The zero-order valence-corrected chi connectivity index (χ0v) is 7.83. The summed E-state index contributed by atoms with van der Waals surface area (Å²) in [6.07, 6.45) is 9.80. The minimum absolute atomic E-state index is 0.181. The van der Waals surface area contributed by atoms with Gasteiger partial charge < -0.3 is 5.11 Å². The third-order valence-corrected chi connectivity index (χ3v) is 2.31. The van der Waals surface area contributed by atoms with Crippen LogP contribution in [0.15, 0.2) is 23.3 Å². The van der Waals surface area contributed by atoms with E-state index in [2.05, 4.69) is 0 Å². The summed E-state index contributed by atoms with van der Waals surface area (Å²) in [5, 5.41) is 8.58. The minimum atomic E-state index is 0.181. The van der Waals surface area contributed by atoms with Crippen molar-refractivity contribution in [3.8, 4) is 0 Å². The van der Waals surface area contributed by atoms with Crippen LogP contribution in [0, 0.1) is 0 Å². The average molecular weight is 180 g/mol. The molecule has 0 aliphatic heterocycles. The summed E-state index contributed by atoms with van der Waals surface area (Å²) in [4.78, 5) is 10.7. The summed E-state index contributed by atoms with van der Waals surface area (Å²) >= 11 is 0. The zero-order valence-electron chi connectivity index (χ0n) is 7.83. The van der Waals surface area contributed by atoms with E-state index >= 15 is 0 Å². The monoisotopic (exact) mass is 180 g/mol. The summed E-state index contributed by atoms with van der Waals surface area (Å²) < 4.78 is 0. The first-order valence-corrected chi connectivity index (χ1v) is 4.83. The molecule has 1 aliphatic carbocycles. The van der Waals surface area contributed by atoms with Gasteiger partial charge >= 0.3 is 0 Å². The van der Waals surface area contributed by atoms with Gasteiger partial charge in [-0.1, -0.05) is 12.2 Å². The normalized spacial score (nSPS) is 18.2. The lowest BCUT2D eigenvalue weighted by atomic mass is 9.92. The number of rotatable bonds is 4. The van der Waals surface area contributed by atoms with Crippen LogP contribution in [0.5, 0.6) is 0 Å². The molecular weight excluding hydrogens is 164 g/mol. The van der Waals surface area contributed by atoms with Gasteiger partial charge in [0.1, 0.15) is 6.29 Å². The first kappa shape index (κ1) is 10.2. The van der Waals surface area contributed by atoms with Crippen LogP contribution in [0.4, 0.5) is 0 Å². The Morgan fingerprint density at radius 2 is 1.92 bits per heavy atom. The maximum Gasteiger partial charge on any atom is 0.146 e. The number of hydrogen-bond donors (Lipinski definition) is 1. The summed E-state index contributed by atoms with van der Waals surface area (Å²) in [5.41, 5.74) is 2.11. The van der Waals surface area contributed by atoms with Gasteiger partial charge in [0.25, 0.3) is 0 Å².